The second kappa shape index (κ2) is 9.29. The van der Waals surface area contributed by atoms with Gasteiger partial charge in [-0.3, -0.25) is 0 Å². The lowest BCUT2D eigenvalue weighted by atomic mass is 9.78. The van der Waals surface area contributed by atoms with Crippen molar-refractivity contribution in [2.24, 2.45) is 10.8 Å². The molecule has 0 nitrogen and oxygen atoms in total. The van der Waals surface area contributed by atoms with Gasteiger partial charge < -0.3 is 0 Å². The van der Waals surface area contributed by atoms with Gasteiger partial charge >= 0.3 is 0 Å². The van der Waals surface area contributed by atoms with Crippen molar-refractivity contribution >= 4 is 0 Å². The summed E-state index contributed by atoms with van der Waals surface area (Å²) in [5, 5.41) is 0. The molecule has 164 valence electrons. The third kappa shape index (κ3) is 5.57. The molecule has 30 heavy (non-hydrogen) atoms. The highest BCUT2D eigenvalue weighted by Gasteiger charge is 2.34. The summed E-state index contributed by atoms with van der Waals surface area (Å²) in [6.07, 6.45) is 13.1. The maximum atomic E-state index is 2.38. The normalized spacial score (nSPS) is 21.9. The molecule has 5 rings (SSSR count). The number of rotatable bonds is 0. The number of hydrogen-bond donors (Lipinski definition) is 0. The van der Waals surface area contributed by atoms with Gasteiger partial charge in [0, 0.05) is 5.41 Å². The molecule has 2 aromatic rings. The Morgan fingerprint density at radius 2 is 0.800 bits per heavy atom. The first kappa shape index (κ1) is 23.1. The van der Waals surface area contributed by atoms with Gasteiger partial charge in [0.05, 0.1) is 0 Å². The molecule has 0 aliphatic heterocycles. The van der Waals surface area contributed by atoms with Crippen molar-refractivity contribution in [2.75, 3.05) is 0 Å². The van der Waals surface area contributed by atoms with E-state index in [0.717, 1.165) is 0 Å². The second-order valence-electron chi connectivity index (χ2n) is 11.8. The molecule has 0 heteroatoms. The Morgan fingerprint density at radius 3 is 1.10 bits per heavy atom. The molecule has 0 N–H and O–H groups in total. The Hall–Kier alpha value is -1.56. The fourth-order valence-corrected chi connectivity index (χ4v) is 5.51. The van der Waals surface area contributed by atoms with Crippen LogP contribution in [0.1, 0.15) is 110 Å². The van der Waals surface area contributed by atoms with E-state index in [0.29, 0.717) is 10.8 Å². The summed E-state index contributed by atoms with van der Waals surface area (Å²) in [5.74, 6) is 0. The van der Waals surface area contributed by atoms with Gasteiger partial charge in [-0.15, -0.1) is 0 Å². The summed E-state index contributed by atoms with van der Waals surface area (Å²) in [6.45, 7) is 14.1. The van der Waals surface area contributed by atoms with Crippen molar-refractivity contribution in [1.29, 1.82) is 0 Å². The maximum absolute atomic E-state index is 2.38. The largest absolute Gasteiger partial charge is 0.0619 e. The zero-order valence-corrected chi connectivity index (χ0v) is 20.5. The third-order valence-electron chi connectivity index (χ3n) is 7.66. The molecule has 2 aromatic carbocycles. The smallest absolute Gasteiger partial charge is 0.0158 e. The molecule has 0 heterocycles. The molecule has 3 aliphatic rings. The van der Waals surface area contributed by atoms with Crippen LogP contribution >= 0.6 is 0 Å². The lowest BCUT2D eigenvalue weighted by molar-refractivity contribution is 0.244. The lowest BCUT2D eigenvalue weighted by Crippen LogP contribution is -2.14. The highest BCUT2D eigenvalue weighted by atomic mass is 14.4. The Labute approximate surface area is 186 Å². The average Bonchev–Trinajstić information content (AvgIpc) is 3.22. The molecule has 0 aromatic heterocycles. The van der Waals surface area contributed by atoms with E-state index in [4.69, 9.17) is 0 Å². The van der Waals surface area contributed by atoms with Gasteiger partial charge in [0.25, 0.3) is 0 Å². The molecule has 0 saturated heterocycles. The fourth-order valence-electron chi connectivity index (χ4n) is 5.51. The van der Waals surface area contributed by atoms with Gasteiger partial charge in [-0.1, -0.05) is 122 Å². The summed E-state index contributed by atoms with van der Waals surface area (Å²) < 4.78 is 0. The van der Waals surface area contributed by atoms with Crippen LogP contribution in [0.25, 0.3) is 11.1 Å². The summed E-state index contributed by atoms with van der Waals surface area (Å²) in [7, 11) is 0. The molecule has 0 amide bonds. The molecule has 3 aliphatic carbocycles. The summed E-state index contributed by atoms with van der Waals surface area (Å²) in [4.78, 5) is 0. The molecule has 0 spiro atoms. The van der Waals surface area contributed by atoms with E-state index in [1.165, 1.54) is 80.0 Å². The van der Waals surface area contributed by atoms with Crippen LogP contribution in [0.5, 0.6) is 0 Å². The van der Waals surface area contributed by atoms with Crippen LogP contribution in [-0.4, -0.2) is 0 Å². The quantitative estimate of drug-likeness (QED) is 0.410. The molecular formula is C30H44. The predicted octanol–water partition coefficient (Wildman–Crippen LogP) is 9.56. The Balaban J connectivity index is 0.000000144. The minimum absolute atomic E-state index is 0.160. The Morgan fingerprint density at radius 1 is 0.467 bits per heavy atom. The molecule has 0 unspecified atom stereocenters. The highest BCUT2D eigenvalue weighted by molar-refractivity contribution is 5.80. The summed E-state index contributed by atoms with van der Waals surface area (Å²) in [5.41, 5.74) is 7.24. The van der Waals surface area contributed by atoms with Crippen LogP contribution < -0.4 is 0 Å². The zero-order chi connectivity index (χ0) is 21.8. The standard InChI is InChI=1S/C15H14.C8H16.C7H14/c1-15(2)13-9-5-3-7-11(13)12-8-4-6-10-14(12)15;1-8(2)6-4-3-5-7-8;1-7(2)5-3-4-6-7/h3-10H,1-2H3;3-7H2,1-2H3;3-6H2,1-2H3. The van der Waals surface area contributed by atoms with Gasteiger partial charge in [-0.2, -0.15) is 0 Å². The number of benzene rings is 2. The van der Waals surface area contributed by atoms with E-state index < -0.39 is 0 Å². The SMILES string of the molecule is CC1(C)CCCC1.CC1(C)CCCCC1.CC1(C)c2ccccc2-c2ccccc21. The first-order valence-electron chi connectivity index (χ1n) is 12.3. The second-order valence-corrected chi connectivity index (χ2v) is 11.8. The van der Waals surface area contributed by atoms with Crippen LogP contribution in [-0.2, 0) is 5.41 Å². The summed E-state index contributed by atoms with van der Waals surface area (Å²) >= 11 is 0. The van der Waals surface area contributed by atoms with Crippen LogP contribution in [0.2, 0.25) is 0 Å². The first-order chi connectivity index (χ1) is 14.1. The number of hydrogen-bond acceptors (Lipinski definition) is 0. The van der Waals surface area contributed by atoms with Crippen molar-refractivity contribution in [3.8, 4) is 11.1 Å². The summed E-state index contributed by atoms with van der Waals surface area (Å²) in [6, 6.07) is 17.4. The topological polar surface area (TPSA) is 0 Å². The van der Waals surface area contributed by atoms with Gasteiger partial charge in [-0.25, -0.2) is 0 Å². The van der Waals surface area contributed by atoms with Gasteiger partial charge in [0.1, 0.15) is 0 Å². The molecule has 2 saturated carbocycles. The molecule has 0 bridgehead atoms. The minimum atomic E-state index is 0.160. The predicted molar refractivity (Wildman–Crippen MR) is 133 cm³/mol. The van der Waals surface area contributed by atoms with Gasteiger partial charge in [-0.05, 0) is 58.8 Å². The van der Waals surface area contributed by atoms with Gasteiger partial charge in [0.2, 0.25) is 0 Å². The van der Waals surface area contributed by atoms with Crippen molar-refractivity contribution in [3.63, 3.8) is 0 Å². The average molecular weight is 405 g/mol. The van der Waals surface area contributed by atoms with Crippen molar-refractivity contribution in [2.45, 2.75) is 105 Å². The monoisotopic (exact) mass is 404 g/mol. The lowest BCUT2D eigenvalue weighted by Gasteiger charge is -2.28. The minimum Gasteiger partial charge on any atom is -0.0619 e. The van der Waals surface area contributed by atoms with Crippen molar-refractivity contribution < 1.29 is 0 Å². The first-order valence-corrected chi connectivity index (χ1v) is 12.3. The Bertz CT molecular complexity index is 758. The molecule has 2 fully saturated rings. The van der Waals surface area contributed by atoms with Crippen LogP contribution in [0.4, 0.5) is 0 Å². The van der Waals surface area contributed by atoms with Crippen molar-refractivity contribution in [3.05, 3.63) is 59.7 Å². The van der Waals surface area contributed by atoms with E-state index in [1.54, 1.807) is 0 Å². The Kier molecular flexibility index (Phi) is 7.16. The van der Waals surface area contributed by atoms with E-state index in [2.05, 4.69) is 90.1 Å². The van der Waals surface area contributed by atoms with E-state index in [1.807, 2.05) is 0 Å². The van der Waals surface area contributed by atoms with Crippen LogP contribution in [0.3, 0.4) is 0 Å². The molecule has 0 atom stereocenters. The van der Waals surface area contributed by atoms with Crippen molar-refractivity contribution in [1.82, 2.24) is 0 Å². The van der Waals surface area contributed by atoms with Crippen LogP contribution in [0, 0.1) is 10.8 Å². The van der Waals surface area contributed by atoms with E-state index in [-0.39, 0.29) is 5.41 Å². The molecule has 0 radical (unpaired) electrons. The maximum Gasteiger partial charge on any atom is 0.0158 e. The fraction of sp³-hybridized carbons (Fsp3) is 0.600. The zero-order valence-electron chi connectivity index (χ0n) is 20.5. The van der Waals surface area contributed by atoms with Crippen LogP contribution in [0.15, 0.2) is 48.5 Å². The van der Waals surface area contributed by atoms with E-state index >= 15 is 0 Å². The highest BCUT2D eigenvalue weighted by Crippen LogP contribution is 2.48. The van der Waals surface area contributed by atoms with Gasteiger partial charge in [0.15, 0.2) is 0 Å². The number of fused-ring (bicyclic) bond motifs is 3. The third-order valence-corrected chi connectivity index (χ3v) is 7.66. The van der Waals surface area contributed by atoms with E-state index in [9.17, 15) is 0 Å². The molecular weight excluding hydrogens is 360 g/mol.